The fraction of sp³-hybridized carbons (Fsp3) is 0. The number of nitrogens with zero attached hydrogens (tertiary/aromatic N) is 6. The van der Waals surface area contributed by atoms with E-state index in [0.29, 0.717) is 39.6 Å². The summed E-state index contributed by atoms with van der Waals surface area (Å²) in [7, 11) is 0. The number of benzene rings is 3. The largest absolute Gasteiger partial charge is 0.243 e. The second-order valence-corrected chi connectivity index (χ2v) is 7.09. The molecule has 6 heteroatoms. The molecule has 5 rings (SSSR count). The molecule has 0 spiro atoms. The Bertz CT molecular complexity index is 1530. The minimum Gasteiger partial charge on any atom is -0.243 e. The van der Waals surface area contributed by atoms with Crippen molar-refractivity contribution in [3.8, 4) is 45.9 Å². The zero-order valence-corrected chi connectivity index (χ0v) is 16.6. The molecule has 0 N–H and O–H groups in total. The molecule has 0 amide bonds. The molecule has 1 aromatic heterocycles. The number of rotatable bonds is 2. The molecule has 1 heterocycles. The van der Waals surface area contributed by atoms with E-state index in [-0.39, 0.29) is 0 Å². The Balaban J connectivity index is 1.81. The van der Waals surface area contributed by atoms with Crippen molar-refractivity contribution in [3.63, 3.8) is 0 Å². The van der Waals surface area contributed by atoms with E-state index in [1.165, 1.54) is 0 Å². The fourth-order valence-corrected chi connectivity index (χ4v) is 3.77. The summed E-state index contributed by atoms with van der Waals surface area (Å²) < 4.78 is 0. The van der Waals surface area contributed by atoms with E-state index in [0.717, 1.165) is 22.3 Å². The van der Waals surface area contributed by atoms with Crippen LogP contribution >= 0.6 is 0 Å². The van der Waals surface area contributed by atoms with Crippen LogP contribution in [0.15, 0.2) is 77.9 Å². The molecule has 32 heavy (non-hydrogen) atoms. The number of nitriles is 2. The van der Waals surface area contributed by atoms with Gasteiger partial charge < -0.3 is 0 Å². The van der Waals surface area contributed by atoms with E-state index in [9.17, 15) is 0 Å². The van der Waals surface area contributed by atoms with Crippen LogP contribution in [0.3, 0.4) is 0 Å². The summed E-state index contributed by atoms with van der Waals surface area (Å²) >= 11 is 0. The molecule has 0 saturated heterocycles. The summed E-state index contributed by atoms with van der Waals surface area (Å²) in [5.41, 5.74) is 7.38. The molecular weight excluding hydrogens is 396 g/mol. The first kappa shape index (κ1) is 18.9. The van der Waals surface area contributed by atoms with Gasteiger partial charge in [-0.3, -0.25) is 0 Å². The summed E-state index contributed by atoms with van der Waals surface area (Å²) in [4.78, 5) is 13.1. The molecule has 1 aliphatic carbocycles. The Morgan fingerprint density at radius 2 is 1.16 bits per heavy atom. The van der Waals surface area contributed by atoms with E-state index >= 15 is 0 Å². The van der Waals surface area contributed by atoms with Gasteiger partial charge in [-0.25, -0.2) is 9.97 Å². The zero-order valence-electron chi connectivity index (χ0n) is 16.6. The molecule has 3 aromatic carbocycles. The van der Waals surface area contributed by atoms with E-state index in [2.05, 4.69) is 22.2 Å². The minimum absolute atomic E-state index is 0.499. The number of aromatic nitrogens is 2. The molecule has 0 fully saturated rings. The number of hydrogen-bond acceptors (Lipinski definition) is 5. The topological polar surface area (TPSA) is 90.1 Å². The van der Waals surface area contributed by atoms with E-state index in [1.54, 1.807) is 24.3 Å². The normalized spacial score (nSPS) is 12.3. The molecule has 0 unspecified atom stereocenters. The Hall–Kier alpha value is -5.12. The second kappa shape index (κ2) is 7.61. The standard InChI is InChI=1S/C26H12N6/c1-29-32-25-21-5-3-2-4-20(21)24-26(25)31-23(19-12-8-17(15-28)9-13-19)22(30-24)18-10-6-16(14-27)7-11-18/h2-13H. The van der Waals surface area contributed by atoms with Crippen molar-refractivity contribution in [1.29, 1.82) is 10.5 Å². The Labute approximate surface area is 184 Å². The predicted octanol–water partition coefficient (Wildman–Crippen LogP) is 5.21. The highest BCUT2D eigenvalue weighted by atomic mass is 15.2. The van der Waals surface area contributed by atoms with Gasteiger partial charge in [0.2, 0.25) is 0 Å². The third kappa shape index (κ3) is 2.99. The molecule has 1 aliphatic rings. The van der Waals surface area contributed by atoms with Gasteiger partial charge in [-0.05, 0) is 24.3 Å². The van der Waals surface area contributed by atoms with Crippen molar-refractivity contribution in [1.82, 2.24) is 9.97 Å². The van der Waals surface area contributed by atoms with Gasteiger partial charge in [0, 0.05) is 22.3 Å². The van der Waals surface area contributed by atoms with Crippen molar-refractivity contribution < 1.29 is 0 Å². The lowest BCUT2D eigenvalue weighted by molar-refractivity contribution is 1.20. The van der Waals surface area contributed by atoms with Crippen molar-refractivity contribution in [3.05, 3.63) is 107 Å². The summed E-state index contributed by atoms with van der Waals surface area (Å²) in [5, 5.41) is 22.3. The minimum atomic E-state index is 0.499. The van der Waals surface area contributed by atoms with E-state index in [4.69, 9.17) is 27.1 Å². The molecule has 4 aromatic rings. The van der Waals surface area contributed by atoms with Crippen LogP contribution < -0.4 is 0 Å². The van der Waals surface area contributed by atoms with Crippen molar-refractivity contribution >= 4 is 5.71 Å². The summed E-state index contributed by atoms with van der Waals surface area (Å²) in [6, 6.07) is 26.2. The second-order valence-electron chi connectivity index (χ2n) is 7.09. The molecule has 0 atom stereocenters. The van der Waals surface area contributed by atoms with Crippen molar-refractivity contribution in [2.24, 2.45) is 5.10 Å². The van der Waals surface area contributed by atoms with Gasteiger partial charge in [-0.1, -0.05) is 48.5 Å². The lowest BCUT2D eigenvalue weighted by Crippen LogP contribution is -2.04. The first-order valence-electron chi connectivity index (χ1n) is 9.71. The monoisotopic (exact) mass is 408 g/mol. The van der Waals surface area contributed by atoms with Crippen LogP contribution in [0.5, 0.6) is 0 Å². The average molecular weight is 408 g/mol. The molecule has 0 saturated carbocycles. The third-order valence-corrected chi connectivity index (χ3v) is 5.28. The third-order valence-electron chi connectivity index (χ3n) is 5.28. The highest BCUT2D eigenvalue weighted by Gasteiger charge is 2.31. The van der Waals surface area contributed by atoms with E-state index < -0.39 is 0 Å². The summed E-state index contributed by atoms with van der Waals surface area (Å²) in [6.45, 7) is 7.26. The molecule has 0 aliphatic heterocycles. The lowest BCUT2D eigenvalue weighted by Gasteiger charge is -2.12. The van der Waals surface area contributed by atoms with Gasteiger partial charge in [-0.15, -0.1) is 4.95 Å². The van der Waals surface area contributed by atoms with Gasteiger partial charge >= 0.3 is 0 Å². The maximum Gasteiger partial charge on any atom is 0.181 e. The summed E-state index contributed by atoms with van der Waals surface area (Å²) in [6.07, 6.45) is 0. The highest BCUT2D eigenvalue weighted by Crippen LogP contribution is 2.39. The number of hydrogen-bond donors (Lipinski definition) is 0. The summed E-state index contributed by atoms with van der Waals surface area (Å²) in [5.74, 6) is 0. The predicted molar refractivity (Wildman–Crippen MR) is 120 cm³/mol. The Morgan fingerprint density at radius 1 is 0.656 bits per heavy atom. The first-order chi connectivity index (χ1) is 15.7. The Morgan fingerprint density at radius 3 is 1.66 bits per heavy atom. The van der Waals surface area contributed by atoms with Gasteiger partial charge in [0.25, 0.3) is 0 Å². The van der Waals surface area contributed by atoms with Crippen LogP contribution in [0.2, 0.25) is 0 Å². The lowest BCUT2D eigenvalue weighted by atomic mass is 10.0. The van der Waals surface area contributed by atoms with Crippen LogP contribution in [0.4, 0.5) is 0 Å². The molecule has 146 valence electrons. The zero-order chi connectivity index (χ0) is 22.1. The van der Waals surface area contributed by atoms with Gasteiger partial charge in [0.1, 0.15) is 5.69 Å². The molecule has 0 bridgehead atoms. The Kier molecular flexibility index (Phi) is 4.49. The van der Waals surface area contributed by atoms with Crippen molar-refractivity contribution in [2.45, 2.75) is 0 Å². The molecular formula is C26H12N6. The molecule has 0 radical (unpaired) electrons. The maximum absolute atomic E-state index is 9.16. The van der Waals surface area contributed by atoms with Crippen LogP contribution in [0.25, 0.3) is 38.7 Å². The first-order valence-corrected chi connectivity index (χ1v) is 9.71. The number of fused-ring (bicyclic) bond motifs is 3. The van der Waals surface area contributed by atoms with Crippen molar-refractivity contribution in [2.75, 3.05) is 0 Å². The van der Waals surface area contributed by atoms with Crippen LogP contribution in [-0.4, -0.2) is 15.7 Å². The SMILES string of the molecule is [C-]#[N+]N=C1c2ccccc2-c2nc(-c3ccc(C#N)cc3)c(-c3ccc(C#N)cc3)nc21. The highest BCUT2D eigenvalue weighted by molar-refractivity contribution is 6.23. The average Bonchev–Trinajstić information content (AvgIpc) is 3.16. The van der Waals surface area contributed by atoms with Crippen LogP contribution in [-0.2, 0) is 0 Å². The van der Waals surface area contributed by atoms with Crippen LogP contribution in [0, 0.1) is 29.2 Å². The van der Waals surface area contributed by atoms with E-state index in [1.807, 2.05) is 48.5 Å². The quantitative estimate of drug-likeness (QED) is 0.296. The van der Waals surface area contributed by atoms with Gasteiger partial charge in [0.05, 0.1) is 45.4 Å². The molecule has 6 nitrogen and oxygen atoms in total. The maximum atomic E-state index is 9.16. The van der Waals surface area contributed by atoms with Gasteiger partial charge in [0.15, 0.2) is 5.71 Å². The van der Waals surface area contributed by atoms with Crippen LogP contribution in [0.1, 0.15) is 22.4 Å². The fourth-order valence-electron chi connectivity index (χ4n) is 3.77. The smallest absolute Gasteiger partial charge is 0.181 e. The van der Waals surface area contributed by atoms with Gasteiger partial charge in [-0.2, -0.15) is 17.1 Å².